The van der Waals surface area contributed by atoms with E-state index in [4.69, 9.17) is 0 Å². The monoisotopic (exact) mass is 276 g/mol. The molecule has 1 aromatic rings. The van der Waals surface area contributed by atoms with Gasteiger partial charge in [-0.25, -0.2) is 0 Å². The minimum Gasteiger partial charge on any atom is -0.315 e. The van der Waals surface area contributed by atoms with Crippen LogP contribution < -0.4 is 10.6 Å². The van der Waals surface area contributed by atoms with Gasteiger partial charge in [0.25, 0.3) is 0 Å². The highest BCUT2D eigenvalue weighted by Gasteiger charge is 2.02. The van der Waals surface area contributed by atoms with Gasteiger partial charge in [0.2, 0.25) is 0 Å². The van der Waals surface area contributed by atoms with Gasteiger partial charge < -0.3 is 10.6 Å². The molecule has 114 valence electrons. The van der Waals surface area contributed by atoms with Crippen LogP contribution in [0, 0.1) is 5.92 Å². The summed E-state index contributed by atoms with van der Waals surface area (Å²) in [7, 11) is 0. The summed E-state index contributed by atoms with van der Waals surface area (Å²) < 4.78 is 0. The Balaban J connectivity index is 1.88. The molecule has 0 aliphatic rings. The Labute approximate surface area is 125 Å². The summed E-state index contributed by atoms with van der Waals surface area (Å²) in [5.41, 5.74) is 1.46. The van der Waals surface area contributed by atoms with E-state index in [-0.39, 0.29) is 0 Å². The van der Waals surface area contributed by atoms with Crippen LogP contribution in [0.15, 0.2) is 30.3 Å². The second-order valence-electron chi connectivity index (χ2n) is 6.18. The van der Waals surface area contributed by atoms with Crippen molar-refractivity contribution in [2.24, 2.45) is 5.92 Å². The van der Waals surface area contributed by atoms with Crippen LogP contribution in [0.2, 0.25) is 0 Å². The first kappa shape index (κ1) is 17.2. The first-order valence-electron chi connectivity index (χ1n) is 8.16. The lowest BCUT2D eigenvalue weighted by Gasteiger charge is -2.16. The van der Waals surface area contributed by atoms with Crippen LogP contribution in [-0.2, 0) is 6.42 Å². The van der Waals surface area contributed by atoms with Crippen molar-refractivity contribution in [2.45, 2.75) is 52.5 Å². The number of nitrogens with one attached hydrogen (secondary N) is 2. The normalized spacial score (nSPS) is 12.8. The maximum atomic E-state index is 3.57. The van der Waals surface area contributed by atoms with Crippen molar-refractivity contribution in [1.29, 1.82) is 0 Å². The highest BCUT2D eigenvalue weighted by Crippen LogP contribution is 2.04. The third-order valence-corrected chi connectivity index (χ3v) is 3.53. The van der Waals surface area contributed by atoms with Crippen molar-refractivity contribution in [3.05, 3.63) is 35.9 Å². The summed E-state index contributed by atoms with van der Waals surface area (Å²) in [5.74, 6) is 0.781. The smallest absolute Gasteiger partial charge is 0.00792 e. The Bertz CT molecular complexity index is 321. The van der Waals surface area contributed by atoms with Gasteiger partial charge in [0.05, 0.1) is 0 Å². The molecule has 2 N–H and O–H groups in total. The number of unbranched alkanes of at least 4 members (excludes halogenated alkanes) is 1. The fraction of sp³-hybridized carbons (Fsp3) is 0.667. The number of aryl methyl sites for hydroxylation is 1. The van der Waals surface area contributed by atoms with E-state index in [2.05, 4.69) is 61.7 Å². The van der Waals surface area contributed by atoms with E-state index < -0.39 is 0 Å². The topological polar surface area (TPSA) is 24.1 Å². The first-order valence-corrected chi connectivity index (χ1v) is 8.16. The predicted molar refractivity (Wildman–Crippen MR) is 89.2 cm³/mol. The zero-order chi connectivity index (χ0) is 14.6. The molecule has 0 spiro atoms. The fourth-order valence-corrected chi connectivity index (χ4v) is 2.55. The van der Waals surface area contributed by atoms with E-state index in [1.54, 1.807) is 0 Å². The van der Waals surface area contributed by atoms with Gasteiger partial charge in [-0.1, -0.05) is 44.2 Å². The van der Waals surface area contributed by atoms with Gasteiger partial charge in [-0.3, -0.25) is 0 Å². The van der Waals surface area contributed by atoms with Crippen molar-refractivity contribution in [3.63, 3.8) is 0 Å². The minimum atomic E-state index is 0.634. The molecule has 2 heteroatoms. The molecule has 1 atom stereocenters. The average molecular weight is 276 g/mol. The number of hydrogen-bond acceptors (Lipinski definition) is 2. The minimum absolute atomic E-state index is 0.634. The second-order valence-corrected chi connectivity index (χ2v) is 6.18. The van der Waals surface area contributed by atoms with Gasteiger partial charge in [0, 0.05) is 19.1 Å². The van der Waals surface area contributed by atoms with Crippen LogP contribution in [0.4, 0.5) is 0 Å². The SMILES string of the molecule is CC(C)CC(C)NCCNCCCCc1ccccc1. The molecule has 1 aromatic carbocycles. The van der Waals surface area contributed by atoms with Crippen molar-refractivity contribution in [2.75, 3.05) is 19.6 Å². The third-order valence-electron chi connectivity index (χ3n) is 3.53. The van der Waals surface area contributed by atoms with Gasteiger partial charge in [0.15, 0.2) is 0 Å². The molecule has 20 heavy (non-hydrogen) atoms. The molecule has 2 nitrogen and oxygen atoms in total. The Morgan fingerprint density at radius 2 is 1.65 bits per heavy atom. The summed E-state index contributed by atoms with van der Waals surface area (Å²) in [6, 6.07) is 11.4. The molecule has 0 aliphatic heterocycles. The molecule has 0 saturated carbocycles. The molecule has 0 heterocycles. The Morgan fingerprint density at radius 1 is 0.900 bits per heavy atom. The van der Waals surface area contributed by atoms with Crippen LogP contribution in [-0.4, -0.2) is 25.7 Å². The first-order chi connectivity index (χ1) is 9.68. The van der Waals surface area contributed by atoms with Gasteiger partial charge >= 0.3 is 0 Å². The molecule has 0 fully saturated rings. The van der Waals surface area contributed by atoms with Gasteiger partial charge in [-0.2, -0.15) is 0 Å². The van der Waals surface area contributed by atoms with Crippen LogP contribution >= 0.6 is 0 Å². The van der Waals surface area contributed by atoms with Crippen molar-refractivity contribution in [3.8, 4) is 0 Å². The summed E-state index contributed by atoms with van der Waals surface area (Å²) in [6.45, 7) is 10.1. The molecule has 0 saturated heterocycles. The maximum absolute atomic E-state index is 3.57. The number of rotatable bonds is 11. The maximum Gasteiger partial charge on any atom is 0.00792 e. The molecule has 0 amide bonds. The lowest BCUT2D eigenvalue weighted by atomic mass is 10.1. The highest BCUT2D eigenvalue weighted by molar-refractivity contribution is 5.14. The zero-order valence-corrected chi connectivity index (χ0v) is 13.5. The standard InChI is InChI=1S/C18H32N2/c1-16(2)15-17(3)20-14-13-19-12-8-7-11-18-9-5-4-6-10-18/h4-6,9-10,16-17,19-20H,7-8,11-15H2,1-3H3. The molecular weight excluding hydrogens is 244 g/mol. The van der Waals surface area contributed by atoms with E-state index in [1.807, 2.05) is 0 Å². The molecule has 0 bridgehead atoms. The number of hydrogen-bond donors (Lipinski definition) is 2. The predicted octanol–water partition coefficient (Wildman–Crippen LogP) is 3.62. The van der Waals surface area contributed by atoms with Crippen LogP contribution in [0.1, 0.15) is 45.6 Å². The lowest BCUT2D eigenvalue weighted by molar-refractivity contribution is 0.438. The molecule has 1 unspecified atom stereocenters. The fourth-order valence-electron chi connectivity index (χ4n) is 2.55. The highest BCUT2D eigenvalue weighted by atomic mass is 15.0. The lowest BCUT2D eigenvalue weighted by Crippen LogP contribution is -2.34. The van der Waals surface area contributed by atoms with E-state index in [1.165, 1.54) is 31.2 Å². The second kappa shape index (κ2) is 10.9. The van der Waals surface area contributed by atoms with Crippen LogP contribution in [0.3, 0.4) is 0 Å². The molecule has 0 aliphatic carbocycles. The van der Waals surface area contributed by atoms with E-state index >= 15 is 0 Å². The third kappa shape index (κ3) is 9.11. The average Bonchev–Trinajstić information content (AvgIpc) is 2.42. The van der Waals surface area contributed by atoms with Crippen LogP contribution in [0.25, 0.3) is 0 Å². The zero-order valence-electron chi connectivity index (χ0n) is 13.5. The van der Waals surface area contributed by atoms with Gasteiger partial charge in [-0.05, 0) is 50.6 Å². The van der Waals surface area contributed by atoms with Gasteiger partial charge in [-0.15, -0.1) is 0 Å². The van der Waals surface area contributed by atoms with E-state index in [0.29, 0.717) is 6.04 Å². The van der Waals surface area contributed by atoms with Gasteiger partial charge in [0.1, 0.15) is 0 Å². The largest absolute Gasteiger partial charge is 0.315 e. The quantitative estimate of drug-likeness (QED) is 0.603. The summed E-state index contributed by atoms with van der Waals surface area (Å²) >= 11 is 0. The van der Waals surface area contributed by atoms with E-state index in [9.17, 15) is 0 Å². The summed E-state index contributed by atoms with van der Waals surface area (Å²) in [4.78, 5) is 0. The van der Waals surface area contributed by atoms with Crippen molar-refractivity contribution >= 4 is 0 Å². The van der Waals surface area contributed by atoms with Crippen molar-refractivity contribution < 1.29 is 0 Å². The summed E-state index contributed by atoms with van der Waals surface area (Å²) in [6.07, 6.45) is 4.99. The molecule has 1 rings (SSSR count). The van der Waals surface area contributed by atoms with Crippen LogP contribution in [0.5, 0.6) is 0 Å². The number of benzene rings is 1. The Morgan fingerprint density at radius 3 is 2.35 bits per heavy atom. The molecule has 0 radical (unpaired) electrons. The molecular formula is C18H32N2. The van der Waals surface area contributed by atoms with Crippen molar-refractivity contribution in [1.82, 2.24) is 10.6 Å². The van der Waals surface area contributed by atoms with E-state index in [0.717, 1.165) is 25.6 Å². The summed E-state index contributed by atoms with van der Waals surface area (Å²) in [5, 5.41) is 7.09. The Hall–Kier alpha value is -0.860. The molecule has 0 aromatic heterocycles. The Kier molecular flexibility index (Phi) is 9.35.